The third-order valence-corrected chi connectivity index (χ3v) is 4.14. The van der Waals surface area contributed by atoms with Gasteiger partial charge in [0.2, 0.25) is 5.89 Å². The second-order valence-corrected chi connectivity index (χ2v) is 5.82. The number of hydrogen-bond acceptors (Lipinski definition) is 6. The molecular formula is C16H18FN5O. The van der Waals surface area contributed by atoms with E-state index in [0.29, 0.717) is 35.9 Å². The molecule has 0 N–H and O–H groups in total. The van der Waals surface area contributed by atoms with Crippen molar-refractivity contribution in [3.63, 3.8) is 0 Å². The van der Waals surface area contributed by atoms with Gasteiger partial charge in [-0.25, -0.2) is 4.39 Å². The van der Waals surface area contributed by atoms with Gasteiger partial charge in [-0.1, -0.05) is 5.16 Å². The van der Waals surface area contributed by atoms with E-state index in [0.717, 1.165) is 13.1 Å². The van der Waals surface area contributed by atoms with E-state index >= 15 is 0 Å². The predicted molar refractivity (Wildman–Crippen MR) is 80.8 cm³/mol. The van der Waals surface area contributed by atoms with Crippen molar-refractivity contribution in [1.29, 1.82) is 5.26 Å². The number of hydrogen-bond donors (Lipinski definition) is 0. The number of halogens is 1. The molecular weight excluding hydrogens is 297 g/mol. The fourth-order valence-corrected chi connectivity index (χ4v) is 2.83. The van der Waals surface area contributed by atoms with Crippen molar-refractivity contribution in [2.75, 3.05) is 26.7 Å². The first kappa shape index (κ1) is 15.6. The molecule has 1 aliphatic rings. The fraction of sp³-hybridized carbons (Fsp3) is 0.438. The number of likely N-dealkylation sites (N-methyl/N-ethyl adjacent to an activating group) is 1. The number of benzene rings is 1. The number of nitrogens with zero attached hydrogens (tertiary/aromatic N) is 5. The molecule has 0 radical (unpaired) electrons. The highest BCUT2D eigenvalue weighted by Gasteiger charge is 2.30. The van der Waals surface area contributed by atoms with Crippen LogP contribution in [0.2, 0.25) is 0 Å². The smallest absolute Gasteiger partial charge is 0.245 e. The van der Waals surface area contributed by atoms with Crippen LogP contribution in [0.1, 0.15) is 28.9 Å². The van der Waals surface area contributed by atoms with Gasteiger partial charge in [0.05, 0.1) is 11.6 Å². The largest absolute Gasteiger partial charge is 0.338 e. The lowest BCUT2D eigenvalue weighted by Crippen LogP contribution is -2.46. The zero-order valence-corrected chi connectivity index (χ0v) is 13.2. The van der Waals surface area contributed by atoms with Crippen LogP contribution < -0.4 is 0 Å². The van der Waals surface area contributed by atoms with Crippen LogP contribution in [0, 0.1) is 24.1 Å². The number of aryl methyl sites for hydroxylation is 1. The molecule has 0 amide bonds. The van der Waals surface area contributed by atoms with Crippen LogP contribution in [0.3, 0.4) is 0 Å². The third kappa shape index (κ3) is 3.38. The van der Waals surface area contributed by atoms with Crippen molar-refractivity contribution in [2.24, 2.45) is 0 Å². The fourth-order valence-electron chi connectivity index (χ4n) is 2.83. The Hall–Kier alpha value is -2.30. The number of rotatable bonds is 3. The highest BCUT2D eigenvalue weighted by atomic mass is 19.1. The molecule has 1 fully saturated rings. The van der Waals surface area contributed by atoms with E-state index in [1.807, 2.05) is 7.05 Å². The molecule has 2 aromatic rings. The van der Waals surface area contributed by atoms with Gasteiger partial charge in [0.1, 0.15) is 11.9 Å². The third-order valence-electron chi connectivity index (χ3n) is 4.14. The predicted octanol–water partition coefficient (Wildman–Crippen LogP) is 1.88. The van der Waals surface area contributed by atoms with Crippen molar-refractivity contribution in [1.82, 2.24) is 19.9 Å². The lowest BCUT2D eigenvalue weighted by molar-refractivity contribution is 0.0714. The number of aromatic nitrogens is 2. The molecule has 120 valence electrons. The molecule has 1 aromatic heterocycles. The number of nitriles is 1. The van der Waals surface area contributed by atoms with Gasteiger partial charge in [0, 0.05) is 26.2 Å². The minimum absolute atomic E-state index is 0.00375. The summed E-state index contributed by atoms with van der Waals surface area (Å²) in [7, 11) is 2.02. The van der Waals surface area contributed by atoms with Gasteiger partial charge in [0.25, 0.3) is 0 Å². The molecule has 7 heteroatoms. The van der Waals surface area contributed by atoms with Crippen molar-refractivity contribution >= 4 is 0 Å². The summed E-state index contributed by atoms with van der Waals surface area (Å²) in [6.07, 6.45) is 0. The summed E-state index contributed by atoms with van der Waals surface area (Å²) in [6.45, 7) is 4.68. The van der Waals surface area contributed by atoms with Crippen LogP contribution in [0.15, 0.2) is 22.7 Å². The molecule has 3 rings (SSSR count). The molecule has 2 heterocycles. The zero-order chi connectivity index (χ0) is 16.4. The van der Waals surface area contributed by atoms with E-state index in [1.165, 1.54) is 18.2 Å². The van der Waals surface area contributed by atoms with E-state index in [9.17, 15) is 9.65 Å². The second kappa shape index (κ2) is 6.44. The standard InChI is InChI=1S/C16H18FN5O/c1-11-19-16(23-20-11)15-10-22(6-5-21(15)2)9-13-7-14(17)4-3-12(13)8-18/h3-4,7,15H,5-6,9-10H2,1-2H3/t15-/m0/s1. The lowest BCUT2D eigenvalue weighted by Gasteiger charge is -2.37. The molecule has 0 spiro atoms. The summed E-state index contributed by atoms with van der Waals surface area (Å²) in [5.74, 6) is 0.883. The maximum atomic E-state index is 13.5. The molecule has 0 aliphatic carbocycles. The Balaban J connectivity index is 1.77. The summed E-state index contributed by atoms with van der Waals surface area (Å²) < 4.78 is 18.8. The Kier molecular flexibility index (Phi) is 4.37. The first-order chi connectivity index (χ1) is 11.1. The van der Waals surface area contributed by atoms with Crippen LogP contribution in [0.4, 0.5) is 4.39 Å². The second-order valence-electron chi connectivity index (χ2n) is 5.82. The van der Waals surface area contributed by atoms with Gasteiger partial charge < -0.3 is 4.52 Å². The molecule has 0 unspecified atom stereocenters. The highest BCUT2D eigenvalue weighted by molar-refractivity contribution is 5.37. The van der Waals surface area contributed by atoms with Crippen molar-refractivity contribution in [3.05, 3.63) is 46.9 Å². The van der Waals surface area contributed by atoms with Crippen molar-refractivity contribution in [2.45, 2.75) is 19.5 Å². The van der Waals surface area contributed by atoms with Crippen LogP contribution in [0.25, 0.3) is 0 Å². The molecule has 1 saturated heterocycles. The van der Waals surface area contributed by atoms with Gasteiger partial charge in [0.15, 0.2) is 5.82 Å². The summed E-state index contributed by atoms with van der Waals surface area (Å²) in [5.41, 5.74) is 1.22. The summed E-state index contributed by atoms with van der Waals surface area (Å²) in [6, 6.07) is 6.40. The highest BCUT2D eigenvalue weighted by Crippen LogP contribution is 2.24. The van der Waals surface area contributed by atoms with Crippen molar-refractivity contribution in [3.8, 4) is 6.07 Å². The molecule has 6 nitrogen and oxygen atoms in total. The van der Waals surface area contributed by atoms with Crippen LogP contribution in [-0.2, 0) is 6.54 Å². The zero-order valence-electron chi connectivity index (χ0n) is 13.2. The van der Waals surface area contributed by atoms with E-state index in [4.69, 9.17) is 4.52 Å². The van der Waals surface area contributed by atoms with Crippen molar-refractivity contribution < 1.29 is 8.91 Å². The van der Waals surface area contributed by atoms with E-state index in [1.54, 1.807) is 6.92 Å². The molecule has 1 atom stereocenters. The van der Waals surface area contributed by atoms with Crippen LogP contribution in [0.5, 0.6) is 0 Å². The van der Waals surface area contributed by atoms with Gasteiger partial charge in [-0.2, -0.15) is 10.2 Å². The Bertz CT molecular complexity index is 738. The maximum absolute atomic E-state index is 13.5. The Morgan fingerprint density at radius 1 is 1.43 bits per heavy atom. The summed E-state index contributed by atoms with van der Waals surface area (Å²) >= 11 is 0. The minimum Gasteiger partial charge on any atom is -0.338 e. The monoisotopic (exact) mass is 315 g/mol. The molecule has 1 aliphatic heterocycles. The first-order valence-corrected chi connectivity index (χ1v) is 7.48. The average Bonchev–Trinajstić information content (AvgIpc) is 2.96. The summed E-state index contributed by atoms with van der Waals surface area (Å²) in [5, 5.41) is 13.0. The topological polar surface area (TPSA) is 69.2 Å². The average molecular weight is 315 g/mol. The van der Waals surface area contributed by atoms with Gasteiger partial charge in [-0.05, 0) is 37.7 Å². The molecule has 0 saturated carbocycles. The van der Waals surface area contributed by atoms with Gasteiger partial charge in [-0.3, -0.25) is 9.80 Å². The number of piperazine rings is 1. The molecule has 23 heavy (non-hydrogen) atoms. The first-order valence-electron chi connectivity index (χ1n) is 7.48. The van der Waals surface area contributed by atoms with Crippen LogP contribution in [-0.4, -0.2) is 46.6 Å². The van der Waals surface area contributed by atoms with E-state index in [2.05, 4.69) is 26.0 Å². The van der Waals surface area contributed by atoms with Gasteiger partial charge >= 0.3 is 0 Å². The van der Waals surface area contributed by atoms with E-state index < -0.39 is 0 Å². The quantitative estimate of drug-likeness (QED) is 0.861. The maximum Gasteiger partial charge on any atom is 0.245 e. The van der Waals surface area contributed by atoms with Gasteiger partial charge in [-0.15, -0.1) is 0 Å². The minimum atomic E-state index is -0.322. The summed E-state index contributed by atoms with van der Waals surface area (Å²) in [4.78, 5) is 8.66. The normalized spacial score (nSPS) is 19.7. The van der Waals surface area contributed by atoms with Crippen LogP contribution >= 0.6 is 0 Å². The Labute approximate surface area is 134 Å². The van der Waals surface area contributed by atoms with E-state index in [-0.39, 0.29) is 11.9 Å². The Morgan fingerprint density at radius 2 is 2.26 bits per heavy atom. The molecule has 0 bridgehead atoms. The SMILES string of the molecule is Cc1noc([C@@H]2CN(Cc3cc(F)ccc3C#N)CCN2C)n1. The molecule has 1 aromatic carbocycles. The Morgan fingerprint density at radius 3 is 2.96 bits per heavy atom. The lowest BCUT2D eigenvalue weighted by atomic mass is 10.1.